The van der Waals surface area contributed by atoms with Crippen LogP contribution in [0.5, 0.6) is 0 Å². The summed E-state index contributed by atoms with van der Waals surface area (Å²) >= 11 is 0. The second kappa shape index (κ2) is 5.02. The fourth-order valence-corrected chi connectivity index (χ4v) is 2.20. The predicted molar refractivity (Wildman–Crippen MR) is 66.9 cm³/mol. The summed E-state index contributed by atoms with van der Waals surface area (Å²) in [6.07, 6.45) is 1.90. The maximum absolute atomic E-state index is 9.68. The summed E-state index contributed by atoms with van der Waals surface area (Å²) in [5, 5.41) is 19.1. The molecular formula is C13H20N2O2. The molecule has 0 spiro atoms. The van der Waals surface area contributed by atoms with Gasteiger partial charge in [0.05, 0.1) is 29.8 Å². The third-order valence-corrected chi connectivity index (χ3v) is 3.42. The van der Waals surface area contributed by atoms with Crippen LogP contribution in [0.15, 0.2) is 18.3 Å². The van der Waals surface area contributed by atoms with Gasteiger partial charge in [-0.2, -0.15) is 0 Å². The average Bonchev–Trinajstić information content (AvgIpc) is 2.33. The molecule has 2 N–H and O–H groups in total. The van der Waals surface area contributed by atoms with Gasteiger partial charge in [0, 0.05) is 13.1 Å². The first-order valence-electron chi connectivity index (χ1n) is 6.15. The molecular weight excluding hydrogens is 216 g/mol. The highest BCUT2D eigenvalue weighted by Gasteiger charge is 2.24. The van der Waals surface area contributed by atoms with E-state index in [4.69, 9.17) is 0 Å². The minimum absolute atomic E-state index is 0.184. The Hall–Kier alpha value is -1.13. The molecule has 4 heteroatoms. The number of nitrogens with zero attached hydrogens (tertiary/aromatic N) is 2. The molecule has 1 aliphatic rings. The van der Waals surface area contributed by atoms with E-state index in [1.165, 1.54) is 0 Å². The van der Waals surface area contributed by atoms with Gasteiger partial charge in [0.1, 0.15) is 0 Å². The van der Waals surface area contributed by atoms with Crippen LogP contribution in [0.2, 0.25) is 0 Å². The Bertz CT molecular complexity index is 364. The van der Waals surface area contributed by atoms with Crippen LogP contribution in [0, 0.1) is 5.92 Å². The molecule has 17 heavy (non-hydrogen) atoms. The summed E-state index contributed by atoms with van der Waals surface area (Å²) in [5.74, 6) is 0.292. The van der Waals surface area contributed by atoms with Crippen LogP contribution in [-0.2, 0) is 0 Å². The summed E-state index contributed by atoms with van der Waals surface area (Å²) in [6.45, 7) is 5.49. The smallest absolute Gasteiger partial charge is 0.0931 e. The molecule has 94 valence electrons. The molecule has 2 heterocycles. The van der Waals surface area contributed by atoms with Crippen LogP contribution < -0.4 is 4.90 Å². The van der Waals surface area contributed by atoms with Crippen LogP contribution in [-0.4, -0.2) is 34.4 Å². The van der Waals surface area contributed by atoms with Gasteiger partial charge in [-0.3, -0.25) is 4.98 Å². The quantitative estimate of drug-likeness (QED) is 0.813. The summed E-state index contributed by atoms with van der Waals surface area (Å²) in [4.78, 5) is 6.48. The summed E-state index contributed by atoms with van der Waals surface area (Å²) in [5.41, 5.74) is 1.76. The first-order valence-corrected chi connectivity index (χ1v) is 6.15. The zero-order valence-corrected chi connectivity index (χ0v) is 10.4. The average molecular weight is 236 g/mol. The van der Waals surface area contributed by atoms with Crippen molar-refractivity contribution in [2.75, 3.05) is 18.0 Å². The highest BCUT2D eigenvalue weighted by atomic mass is 16.3. The number of piperidine rings is 1. The normalized spacial score (nSPS) is 26.9. The van der Waals surface area contributed by atoms with Crippen molar-refractivity contribution in [3.05, 3.63) is 24.0 Å². The van der Waals surface area contributed by atoms with Crippen molar-refractivity contribution in [2.45, 2.75) is 32.5 Å². The molecule has 0 bridgehead atoms. The van der Waals surface area contributed by atoms with Crippen LogP contribution in [0.3, 0.4) is 0 Å². The van der Waals surface area contributed by atoms with Crippen molar-refractivity contribution in [1.82, 2.24) is 4.98 Å². The lowest BCUT2D eigenvalue weighted by Gasteiger charge is -2.35. The van der Waals surface area contributed by atoms with Crippen molar-refractivity contribution in [3.63, 3.8) is 0 Å². The third kappa shape index (κ3) is 2.76. The molecule has 1 aromatic heterocycles. The molecule has 1 aliphatic heterocycles. The molecule has 3 atom stereocenters. The van der Waals surface area contributed by atoms with Crippen molar-refractivity contribution >= 4 is 5.69 Å². The molecule has 2 unspecified atom stereocenters. The highest BCUT2D eigenvalue weighted by Crippen LogP contribution is 2.23. The van der Waals surface area contributed by atoms with Gasteiger partial charge in [0.25, 0.3) is 0 Å². The number of rotatable bonds is 2. The Labute approximate surface area is 102 Å². The van der Waals surface area contributed by atoms with E-state index in [2.05, 4.69) is 16.8 Å². The summed E-state index contributed by atoms with van der Waals surface area (Å²) in [6, 6.07) is 3.84. The molecule has 2 rings (SSSR count). The monoisotopic (exact) mass is 236 g/mol. The molecule has 0 amide bonds. The molecule has 0 aromatic carbocycles. The van der Waals surface area contributed by atoms with Crippen LogP contribution >= 0.6 is 0 Å². The van der Waals surface area contributed by atoms with Gasteiger partial charge in [-0.05, 0) is 31.4 Å². The maximum atomic E-state index is 9.68. The van der Waals surface area contributed by atoms with Gasteiger partial charge < -0.3 is 15.1 Å². The molecule has 0 radical (unpaired) electrons. The molecule has 0 aliphatic carbocycles. The number of aliphatic hydroxyl groups is 2. The van der Waals surface area contributed by atoms with Gasteiger partial charge >= 0.3 is 0 Å². The van der Waals surface area contributed by atoms with Gasteiger partial charge in [-0.25, -0.2) is 0 Å². The number of aliphatic hydroxyl groups excluding tert-OH is 2. The molecule has 4 nitrogen and oxygen atoms in total. The number of pyridine rings is 1. The minimum atomic E-state index is -0.522. The topological polar surface area (TPSA) is 56.6 Å². The first kappa shape index (κ1) is 12.3. The molecule has 1 aromatic rings. The Morgan fingerprint density at radius 2 is 2.24 bits per heavy atom. The summed E-state index contributed by atoms with van der Waals surface area (Å²) in [7, 11) is 0. The molecule has 1 saturated heterocycles. The largest absolute Gasteiger partial charge is 0.393 e. The number of hydrogen-bond donors (Lipinski definition) is 2. The van der Waals surface area contributed by atoms with E-state index >= 15 is 0 Å². The number of aromatic nitrogens is 1. The lowest BCUT2D eigenvalue weighted by molar-refractivity contribution is 0.0971. The predicted octanol–water partition coefficient (Wildman–Crippen LogP) is 1.34. The molecule has 1 fully saturated rings. The van der Waals surface area contributed by atoms with E-state index in [1.807, 2.05) is 12.1 Å². The van der Waals surface area contributed by atoms with Crippen molar-refractivity contribution < 1.29 is 10.2 Å². The van der Waals surface area contributed by atoms with Gasteiger partial charge in [0.15, 0.2) is 0 Å². The first-order chi connectivity index (χ1) is 8.08. The number of hydrogen-bond acceptors (Lipinski definition) is 4. The van der Waals surface area contributed by atoms with Crippen molar-refractivity contribution in [2.24, 2.45) is 5.92 Å². The fraction of sp³-hybridized carbons (Fsp3) is 0.615. The number of anilines is 1. The van der Waals surface area contributed by atoms with Crippen LogP contribution in [0.1, 0.15) is 32.1 Å². The van der Waals surface area contributed by atoms with Crippen molar-refractivity contribution in [3.8, 4) is 0 Å². The Morgan fingerprint density at radius 3 is 2.76 bits per heavy atom. The second-order valence-corrected chi connectivity index (χ2v) is 4.90. The van der Waals surface area contributed by atoms with E-state index in [0.717, 1.165) is 25.2 Å². The minimum Gasteiger partial charge on any atom is -0.393 e. The van der Waals surface area contributed by atoms with Crippen LogP contribution in [0.25, 0.3) is 0 Å². The molecule has 0 saturated carbocycles. The zero-order chi connectivity index (χ0) is 12.4. The maximum Gasteiger partial charge on any atom is 0.0931 e. The third-order valence-electron chi connectivity index (χ3n) is 3.42. The standard InChI is InChI=1S/C13H20N2O2/c1-9-8-15(6-5-13(9)17)11-3-4-12(10(2)16)14-7-11/h3-4,7,9-10,13,16-17H,5-6,8H2,1-2H3/t9?,10-,13?/m0/s1. The van der Waals surface area contributed by atoms with Gasteiger partial charge in [-0.1, -0.05) is 6.92 Å². The summed E-state index contributed by atoms with van der Waals surface area (Å²) < 4.78 is 0. The van der Waals surface area contributed by atoms with Gasteiger partial charge in [-0.15, -0.1) is 0 Å². The van der Waals surface area contributed by atoms with Crippen molar-refractivity contribution in [1.29, 1.82) is 0 Å². The van der Waals surface area contributed by atoms with E-state index in [1.54, 1.807) is 13.1 Å². The lowest BCUT2D eigenvalue weighted by atomic mass is 9.96. The van der Waals surface area contributed by atoms with Crippen LogP contribution in [0.4, 0.5) is 5.69 Å². The van der Waals surface area contributed by atoms with E-state index < -0.39 is 6.10 Å². The Kier molecular flexibility index (Phi) is 3.64. The Morgan fingerprint density at radius 1 is 1.47 bits per heavy atom. The lowest BCUT2D eigenvalue weighted by Crippen LogP contribution is -2.42. The highest BCUT2D eigenvalue weighted by molar-refractivity contribution is 5.45. The van der Waals surface area contributed by atoms with E-state index in [9.17, 15) is 10.2 Å². The van der Waals surface area contributed by atoms with E-state index in [-0.39, 0.29) is 6.10 Å². The SMILES string of the molecule is CC1CN(c2ccc([C@H](C)O)nc2)CCC1O. The Balaban J connectivity index is 2.07. The van der Waals surface area contributed by atoms with E-state index in [0.29, 0.717) is 11.6 Å². The fourth-order valence-electron chi connectivity index (χ4n) is 2.20. The second-order valence-electron chi connectivity index (χ2n) is 4.90. The zero-order valence-electron chi connectivity index (χ0n) is 10.4. The van der Waals surface area contributed by atoms with Gasteiger partial charge in [0.2, 0.25) is 0 Å².